The Labute approximate surface area is 129 Å². The van der Waals surface area contributed by atoms with E-state index in [2.05, 4.69) is 21.4 Å². The van der Waals surface area contributed by atoms with E-state index in [0.29, 0.717) is 5.56 Å². The highest BCUT2D eigenvalue weighted by molar-refractivity contribution is 9.10. The van der Waals surface area contributed by atoms with Crippen molar-refractivity contribution in [2.75, 3.05) is 0 Å². The molecular formula is C14H16BrF3N2O. The van der Waals surface area contributed by atoms with Crippen LogP contribution < -0.4 is 5.43 Å². The summed E-state index contributed by atoms with van der Waals surface area (Å²) in [6, 6.07) is 4.95. The van der Waals surface area contributed by atoms with Gasteiger partial charge in [-0.1, -0.05) is 28.1 Å². The lowest BCUT2D eigenvalue weighted by Gasteiger charge is -2.37. The molecule has 0 aliphatic carbocycles. The first-order valence-electron chi connectivity index (χ1n) is 6.49. The number of nitrogens with one attached hydrogen (secondary N) is 1. The molecule has 1 aliphatic rings. The summed E-state index contributed by atoms with van der Waals surface area (Å²) in [5.41, 5.74) is 2.05. The number of alkyl halides is 3. The summed E-state index contributed by atoms with van der Waals surface area (Å²) in [7, 11) is 0. The molecular weight excluding hydrogens is 349 g/mol. The van der Waals surface area contributed by atoms with Crippen molar-refractivity contribution in [3.05, 3.63) is 34.3 Å². The predicted molar refractivity (Wildman–Crippen MR) is 76.4 cm³/mol. The lowest BCUT2D eigenvalue weighted by molar-refractivity contribution is -0.200. The normalized spacial score (nSPS) is 20.4. The Bertz CT molecular complexity index is 528. The van der Waals surface area contributed by atoms with Crippen molar-refractivity contribution in [2.24, 2.45) is 0 Å². The molecule has 0 aromatic heterocycles. The van der Waals surface area contributed by atoms with E-state index in [1.54, 1.807) is 38.1 Å². The predicted octanol–water partition coefficient (Wildman–Crippen LogP) is 3.44. The highest BCUT2D eigenvalue weighted by Crippen LogP contribution is 2.34. The second kappa shape index (κ2) is 5.61. The molecule has 116 valence electrons. The molecule has 1 aliphatic heterocycles. The number of carbonyl (C=O) groups is 1. The molecule has 7 heteroatoms. The number of halogens is 4. The van der Waals surface area contributed by atoms with E-state index < -0.39 is 17.8 Å². The monoisotopic (exact) mass is 364 g/mol. The maximum atomic E-state index is 13.4. The molecule has 21 heavy (non-hydrogen) atoms. The quantitative estimate of drug-likeness (QED) is 0.890. The van der Waals surface area contributed by atoms with Gasteiger partial charge < -0.3 is 0 Å². The zero-order valence-corrected chi connectivity index (χ0v) is 13.3. The molecule has 0 bridgehead atoms. The first kappa shape index (κ1) is 16.3. The Hall–Kier alpha value is -1.08. The Morgan fingerprint density at radius 1 is 1.33 bits per heavy atom. The molecule has 1 amide bonds. The van der Waals surface area contributed by atoms with Crippen LogP contribution in [0.3, 0.4) is 0 Å². The average molecular weight is 365 g/mol. The number of hydrazine groups is 1. The van der Waals surface area contributed by atoms with Gasteiger partial charge in [-0.05, 0) is 38.0 Å². The SMILES string of the molecule is CC1(C)CC(=O)NN1[C@@H](Cc1ccc(Br)cc1)C(F)(F)F. The molecule has 3 nitrogen and oxygen atoms in total. The van der Waals surface area contributed by atoms with Gasteiger partial charge in [-0.15, -0.1) is 0 Å². The minimum absolute atomic E-state index is 0.0555. The van der Waals surface area contributed by atoms with Crippen molar-refractivity contribution < 1.29 is 18.0 Å². The summed E-state index contributed by atoms with van der Waals surface area (Å²) < 4.78 is 41.0. The molecule has 2 rings (SSSR count). The fourth-order valence-electron chi connectivity index (χ4n) is 2.50. The topological polar surface area (TPSA) is 32.3 Å². The first-order valence-corrected chi connectivity index (χ1v) is 7.29. The van der Waals surface area contributed by atoms with E-state index in [1.807, 2.05) is 0 Å². The maximum absolute atomic E-state index is 13.4. The Morgan fingerprint density at radius 2 is 1.90 bits per heavy atom. The maximum Gasteiger partial charge on any atom is 0.406 e. The van der Waals surface area contributed by atoms with E-state index in [1.165, 1.54) is 0 Å². The number of carbonyl (C=O) groups excluding carboxylic acids is 1. The average Bonchev–Trinajstić information content (AvgIpc) is 2.60. The number of amides is 1. The van der Waals surface area contributed by atoms with Gasteiger partial charge in [-0.3, -0.25) is 10.2 Å². The third-order valence-electron chi connectivity index (χ3n) is 3.52. The summed E-state index contributed by atoms with van der Waals surface area (Å²) >= 11 is 3.25. The molecule has 0 spiro atoms. The lowest BCUT2D eigenvalue weighted by atomic mass is 9.97. The molecule has 1 atom stereocenters. The van der Waals surface area contributed by atoms with E-state index in [0.717, 1.165) is 9.48 Å². The van der Waals surface area contributed by atoms with Crippen LogP contribution in [0.15, 0.2) is 28.7 Å². The Balaban J connectivity index is 2.27. The zero-order valence-electron chi connectivity index (χ0n) is 11.7. The summed E-state index contributed by atoms with van der Waals surface area (Å²) in [5, 5.41) is 1.04. The minimum atomic E-state index is -4.43. The van der Waals surface area contributed by atoms with Crippen LogP contribution in [0.25, 0.3) is 0 Å². The van der Waals surface area contributed by atoms with Crippen LogP contribution in [0.4, 0.5) is 13.2 Å². The number of nitrogens with zero attached hydrogens (tertiary/aromatic N) is 1. The molecule has 0 unspecified atom stereocenters. The molecule has 1 heterocycles. The summed E-state index contributed by atoms with van der Waals surface area (Å²) in [5.74, 6) is -0.384. The molecule has 1 fully saturated rings. The Kier molecular flexibility index (Phi) is 4.35. The standard InChI is InChI=1S/C14H16BrF3N2O/c1-13(2)8-12(21)19-20(13)11(14(16,17)18)7-9-3-5-10(15)6-4-9/h3-6,11H,7-8H2,1-2H3,(H,19,21)/t11-/m0/s1. The first-order chi connectivity index (χ1) is 9.59. The molecule has 1 N–H and O–H groups in total. The van der Waals surface area contributed by atoms with Gasteiger partial charge in [-0.2, -0.15) is 13.2 Å². The molecule has 1 aromatic carbocycles. The summed E-state index contributed by atoms with van der Waals surface area (Å²) in [4.78, 5) is 11.5. The molecule has 0 saturated carbocycles. The number of hydrogen-bond acceptors (Lipinski definition) is 2. The molecule has 1 saturated heterocycles. The van der Waals surface area contributed by atoms with Crippen LogP contribution in [-0.4, -0.2) is 28.7 Å². The van der Waals surface area contributed by atoms with Crippen LogP contribution in [0, 0.1) is 0 Å². The second-order valence-electron chi connectivity index (χ2n) is 5.78. The van der Waals surface area contributed by atoms with E-state index in [9.17, 15) is 18.0 Å². The van der Waals surface area contributed by atoms with Crippen LogP contribution in [0.2, 0.25) is 0 Å². The lowest BCUT2D eigenvalue weighted by Crippen LogP contribution is -2.57. The van der Waals surface area contributed by atoms with Crippen molar-refractivity contribution in [3.8, 4) is 0 Å². The van der Waals surface area contributed by atoms with Crippen LogP contribution in [0.5, 0.6) is 0 Å². The largest absolute Gasteiger partial charge is 0.406 e. The highest BCUT2D eigenvalue weighted by Gasteiger charge is 2.51. The fourth-order valence-corrected chi connectivity index (χ4v) is 2.76. The summed E-state index contributed by atoms with van der Waals surface area (Å²) in [6.07, 6.45) is -4.58. The van der Waals surface area contributed by atoms with E-state index in [4.69, 9.17) is 0 Å². The van der Waals surface area contributed by atoms with E-state index in [-0.39, 0.29) is 18.7 Å². The third-order valence-corrected chi connectivity index (χ3v) is 4.05. The highest BCUT2D eigenvalue weighted by atomic mass is 79.9. The van der Waals surface area contributed by atoms with Gasteiger partial charge >= 0.3 is 6.18 Å². The number of benzene rings is 1. The second-order valence-corrected chi connectivity index (χ2v) is 6.70. The van der Waals surface area contributed by atoms with Crippen LogP contribution >= 0.6 is 15.9 Å². The van der Waals surface area contributed by atoms with E-state index >= 15 is 0 Å². The van der Waals surface area contributed by atoms with Crippen LogP contribution in [0.1, 0.15) is 25.8 Å². The smallest absolute Gasteiger partial charge is 0.288 e. The van der Waals surface area contributed by atoms with Crippen molar-refractivity contribution in [3.63, 3.8) is 0 Å². The van der Waals surface area contributed by atoms with Crippen molar-refractivity contribution >= 4 is 21.8 Å². The third kappa shape index (κ3) is 3.77. The van der Waals surface area contributed by atoms with Gasteiger partial charge in [-0.25, -0.2) is 5.01 Å². The van der Waals surface area contributed by atoms with Gasteiger partial charge in [0.25, 0.3) is 0 Å². The van der Waals surface area contributed by atoms with Crippen LogP contribution in [-0.2, 0) is 11.2 Å². The van der Waals surface area contributed by atoms with Gasteiger partial charge in [0.05, 0.1) is 0 Å². The molecule has 1 aromatic rings. The fraction of sp³-hybridized carbons (Fsp3) is 0.500. The minimum Gasteiger partial charge on any atom is -0.288 e. The molecule has 0 radical (unpaired) electrons. The Morgan fingerprint density at radius 3 is 2.33 bits per heavy atom. The number of rotatable bonds is 3. The van der Waals surface area contributed by atoms with Crippen molar-refractivity contribution in [1.29, 1.82) is 0 Å². The van der Waals surface area contributed by atoms with Crippen molar-refractivity contribution in [1.82, 2.24) is 10.4 Å². The van der Waals surface area contributed by atoms with Crippen molar-refractivity contribution in [2.45, 2.75) is 44.4 Å². The van der Waals surface area contributed by atoms with Gasteiger partial charge in [0, 0.05) is 16.4 Å². The van der Waals surface area contributed by atoms with Gasteiger partial charge in [0.1, 0.15) is 6.04 Å². The summed E-state index contributed by atoms with van der Waals surface area (Å²) in [6.45, 7) is 3.26. The number of hydrogen-bond donors (Lipinski definition) is 1. The zero-order chi connectivity index (χ0) is 15.8. The van der Waals surface area contributed by atoms with Gasteiger partial charge in [0.15, 0.2) is 0 Å². The van der Waals surface area contributed by atoms with Gasteiger partial charge in [0.2, 0.25) is 5.91 Å².